The smallest absolute Gasteiger partial charge is 0.422 e. The first-order chi connectivity index (χ1) is 8.22. The zero-order valence-corrected chi connectivity index (χ0v) is 10.2. The number of benzene rings is 1. The number of nitrogens with one attached hydrogen (secondary N) is 1. The van der Waals surface area contributed by atoms with E-state index in [0.717, 1.165) is 18.5 Å². The van der Waals surface area contributed by atoms with E-state index >= 15 is 0 Å². The van der Waals surface area contributed by atoms with Gasteiger partial charge in [0.2, 0.25) is 0 Å². The first-order valence-electron chi connectivity index (χ1n) is 6.01. The number of carbonyl (C=O) groups excluding carboxylic acids is 1. The van der Waals surface area contributed by atoms with E-state index in [1.165, 1.54) is 0 Å². The zero-order valence-electron chi connectivity index (χ0n) is 10.2. The van der Waals surface area contributed by atoms with Crippen LogP contribution in [0.15, 0.2) is 30.3 Å². The molecule has 0 unspecified atom stereocenters. The lowest BCUT2D eigenvalue weighted by Gasteiger charge is -2.38. The van der Waals surface area contributed by atoms with Crippen molar-refractivity contribution in [1.29, 1.82) is 0 Å². The van der Waals surface area contributed by atoms with Gasteiger partial charge >= 0.3 is 6.09 Å². The summed E-state index contributed by atoms with van der Waals surface area (Å²) in [7, 11) is 0. The van der Waals surface area contributed by atoms with E-state index < -0.39 is 0 Å². The molecular weight excluding hydrogens is 216 g/mol. The number of hydrazine groups is 1. The van der Waals surface area contributed by atoms with Crippen LogP contribution in [0.1, 0.15) is 31.9 Å². The van der Waals surface area contributed by atoms with Crippen molar-refractivity contribution in [1.82, 2.24) is 10.4 Å². The molecule has 0 bridgehead atoms. The minimum Gasteiger partial charge on any atom is -0.439 e. The van der Waals surface area contributed by atoms with Crippen molar-refractivity contribution in [2.24, 2.45) is 0 Å². The van der Waals surface area contributed by atoms with Crippen LogP contribution in [0, 0.1) is 0 Å². The number of rotatable bonds is 3. The molecule has 1 aliphatic heterocycles. The Balaban J connectivity index is 2.18. The van der Waals surface area contributed by atoms with Crippen molar-refractivity contribution in [3.05, 3.63) is 35.9 Å². The summed E-state index contributed by atoms with van der Waals surface area (Å²) in [6.45, 7) is 4.98. The fraction of sp³-hybridized carbons (Fsp3) is 0.462. The quantitative estimate of drug-likeness (QED) is 0.873. The molecule has 4 nitrogen and oxygen atoms in total. The number of carbonyl (C=O) groups is 1. The number of hydrogen-bond acceptors (Lipinski definition) is 3. The maximum Gasteiger partial charge on any atom is 0.422 e. The second-order valence-electron chi connectivity index (χ2n) is 4.28. The number of amides is 1. The number of hydrogen-bond donors (Lipinski definition) is 1. The number of ether oxygens (including phenoxy) is 1. The highest BCUT2D eigenvalue weighted by Crippen LogP contribution is 2.27. The summed E-state index contributed by atoms with van der Waals surface area (Å²) in [4.78, 5) is 11.5. The summed E-state index contributed by atoms with van der Waals surface area (Å²) in [5.41, 5.74) is 3.78. The van der Waals surface area contributed by atoms with Gasteiger partial charge in [0.25, 0.3) is 0 Å². The average molecular weight is 234 g/mol. The fourth-order valence-corrected chi connectivity index (χ4v) is 2.11. The first-order valence-corrected chi connectivity index (χ1v) is 6.01. The van der Waals surface area contributed by atoms with E-state index in [2.05, 4.69) is 19.3 Å². The van der Waals surface area contributed by atoms with Crippen LogP contribution in [0.4, 0.5) is 4.79 Å². The molecule has 0 spiro atoms. The minimum absolute atomic E-state index is 0.134. The summed E-state index contributed by atoms with van der Waals surface area (Å²) in [5.74, 6) is 0. The van der Waals surface area contributed by atoms with Crippen LogP contribution in [0.5, 0.6) is 0 Å². The molecule has 1 N–H and O–H groups in total. The molecule has 1 fully saturated rings. The maximum atomic E-state index is 11.5. The Morgan fingerprint density at radius 1 is 1.35 bits per heavy atom. The van der Waals surface area contributed by atoms with Gasteiger partial charge in [0.05, 0.1) is 6.04 Å². The molecule has 1 amide bonds. The zero-order chi connectivity index (χ0) is 12.3. The van der Waals surface area contributed by atoms with Crippen LogP contribution in [0.3, 0.4) is 0 Å². The highest BCUT2D eigenvalue weighted by atomic mass is 16.6. The third kappa shape index (κ3) is 2.58. The van der Waals surface area contributed by atoms with Gasteiger partial charge in [0.15, 0.2) is 0 Å². The standard InChI is InChI=1S/C13H18N2O2/c1-3-9-15-10(2)12(17-13(16)14-15)11-7-5-4-6-8-11/h4-8,10,12H,3,9H2,1-2H3,(H,14,16)/t10-,12-/m0/s1. The third-order valence-electron chi connectivity index (χ3n) is 2.99. The highest BCUT2D eigenvalue weighted by molar-refractivity contribution is 5.67. The summed E-state index contributed by atoms with van der Waals surface area (Å²) in [5, 5.41) is 1.95. The molecule has 0 aromatic heterocycles. The Bertz CT molecular complexity index is 380. The van der Waals surface area contributed by atoms with Gasteiger partial charge in [-0.3, -0.25) is 5.43 Å². The molecule has 1 heterocycles. The van der Waals surface area contributed by atoms with Crippen LogP contribution in [0.25, 0.3) is 0 Å². The van der Waals surface area contributed by atoms with E-state index in [0.29, 0.717) is 0 Å². The predicted octanol–water partition coefficient (Wildman–Crippen LogP) is 2.48. The van der Waals surface area contributed by atoms with Gasteiger partial charge in [0, 0.05) is 6.54 Å². The van der Waals surface area contributed by atoms with Crippen molar-refractivity contribution in [2.45, 2.75) is 32.4 Å². The van der Waals surface area contributed by atoms with E-state index in [1.54, 1.807) is 0 Å². The Hall–Kier alpha value is -1.55. The van der Waals surface area contributed by atoms with Gasteiger partial charge in [0.1, 0.15) is 6.10 Å². The fourth-order valence-electron chi connectivity index (χ4n) is 2.11. The second kappa shape index (κ2) is 5.19. The number of nitrogens with zero attached hydrogens (tertiary/aromatic N) is 1. The van der Waals surface area contributed by atoms with Crippen LogP contribution in [-0.4, -0.2) is 23.7 Å². The molecule has 0 aliphatic carbocycles. The summed E-state index contributed by atoms with van der Waals surface area (Å²) in [6.07, 6.45) is 0.425. The predicted molar refractivity (Wildman–Crippen MR) is 65.3 cm³/mol. The lowest BCUT2D eigenvalue weighted by molar-refractivity contribution is -0.0377. The molecule has 1 aromatic rings. The van der Waals surface area contributed by atoms with Crippen LogP contribution in [-0.2, 0) is 4.74 Å². The Morgan fingerprint density at radius 3 is 2.71 bits per heavy atom. The van der Waals surface area contributed by atoms with E-state index in [-0.39, 0.29) is 18.2 Å². The largest absolute Gasteiger partial charge is 0.439 e. The van der Waals surface area contributed by atoms with Crippen LogP contribution >= 0.6 is 0 Å². The first kappa shape index (κ1) is 11.9. The van der Waals surface area contributed by atoms with Crippen molar-refractivity contribution >= 4 is 6.09 Å². The van der Waals surface area contributed by atoms with Crippen molar-refractivity contribution < 1.29 is 9.53 Å². The van der Waals surface area contributed by atoms with Crippen LogP contribution in [0.2, 0.25) is 0 Å². The third-order valence-corrected chi connectivity index (χ3v) is 2.99. The van der Waals surface area contributed by atoms with Gasteiger partial charge in [-0.05, 0) is 18.9 Å². The minimum atomic E-state index is -0.370. The SMILES string of the molecule is CCCN1NC(=O)O[C@H](c2ccccc2)[C@@H]1C. The van der Waals surface area contributed by atoms with E-state index in [9.17, 15) is 4.79 Å². The number of cyclic esters (lactones) is 1. The summed E-state index contributed by atoms with van der Waals surface area (Å²) < 4.78 is 5.37. The molecule has 0 saturated carbocycles. The van der Waals surface area contributed by atoms with Gasteiger partial charge in [-0.1, -0.05) is 37.3 Å². The highest BCUT2D eigenvalue weighted by Gasteiger charge is 2.33. The van der Waals surface area contributed by atoms with Crippen molar-refractivity contribution in [3.8, 4) is 0 Å². The van der Waals surface area contributed by atoms with Gasteiger partial charge in [-0.2, -0.15) is 0 Å². The van der Waals surface area contributed by atoms with Gasteiger partial charge in [-0.25, -0.2) is 9.80 Å². The van der Waals surface area contributed by atoms with Gasteiger partial charge in [-0.15, -0.1) is 0 Å². The molecule has 17 heavy (non-hydrogen) atoms. The Labute approximate surface area is 102 Å². The molecular formula is C13H18N2O2. The molecule has 1 saturated heterocycles. The van der Waals surface area contributed by atoms with Crippen molar-refractivity contribution in [3.63, 3.8) is 0 Å². The molecule has 2 rings (SSSR count). The second-order valence-corrected chi connectivity index (χ2v) is 4.28. The van der Waals surface area contributed by atoms with Crippen molar-refractivity contribution in [2.75, 3.05) is 6.54 Å². The van der Waals surface area contributed by atoms with E-state index in [4.69, 9.17) is 4.74 Å². The molecule has 4 heteroatoms. The topological polar surface area (TPSA) is 41.6 Å². The normalized spacial score (nSPS) is 25.2. The maximum absolute atomic E-state index is 11.5. The van der Waals surface area contributed by atoms with E-state index in [1.807, 2.05) is 35.3 Å². The Kier molecular flexibility index (Phi) is 3.64. The lowest BCUT2D eigenvalue weighted by atomic mass is 10.0. The molecule has 92 valence electrons. The molecule has 2 atom stereocenters. The molecule has 1 aromatic carbocycles. The Morgan fingerprint density at radius 2 is 2.06 bits per heavy atom. The molecule has 0 radical (unpaired) electrons. The molecule has 1 aliphatic rings. The summed E-state index contributed by atoms with van der Waals surface area (Å²) >= 11 is 0. The average Bonchev–Trinajstić information content (AvgIpc) is 2.35. The monoisotopic (exact) mass is 234 g/mol. The van der Waals surface area contributed by atoms with Gasteiger partial charge < -0.3 is 4.74 Å². The lowest BCUT2D eigenvalue weighted by Crippen LogP contribution is -2.55. The van der Waals surface area contributed by atoms with Crippen LogP contribution < -0.4 is 5.43 Å². The summed E-state index contributed by atoms with van der Waals surface area (Å²) in [6, 6.07) is 9.99.